The topological polar surface area (TPSA) is 12.0 Å². The van der Waals surface area contributed by atoms with Crippen LogP contribution in [-0.4, -0.2) is 12.6 Å². The van der Waals surface area contributed by atoms with Gasteiger partial charge >= 0.3 is 0 Å². The first-order chi connectivity index (χ1) is 10.3. The summed E-state index contributed by atoms with van der Waals surface area (Å²) in [6.45, 7) is 3.25. The zero-order valence-electron chi connectivity index (χ0n) is 12.4. The minimum Gasteiger partial charge on any atom is -0.313 e. The van der Waals surface area contributed by atoms with Crippen molar-refractivity contribution in [3.63, 3.8) is 0 Å². The monoisotopic (exact) mass is 363 g/mol. The van der Waals surface area contributed by atoms with E-state index in [1.54, 1.807) is 10.4 Å². The normalized spacial score (nSPS) is 19.2. The van der Waals surface area contributed by atoms with Crippen molar-refractivity contribution in [2.45, 2.75) is 44.6 Å². The molecule has 21 heavy (non-hydrogen) atoms. The van der Waals surface area contributed by atoms with Crippen molar-refractivity contribution in [1.29, 1.82) is 0 Å². The van der Waals surface area contributed by atoms with Crippen LogP contribution in [0.1, 0.15) is 41.7 Å². The Morgan fingerprint density at radius 3 is 3.10 bits per heavy atom. The average Bonchev–Trinajstić information content (AvgIpc) is 2.95. The van der Waals surface area contributed by atoms with Crippen LogP contribution in [0.15, 0.2) is 40.2 Å². The molecule has 1 N–H and O–H groups in total. The molecule has 1 aromatic heterocycles. The summed E-state index contributed by atoms with van der Waals surface area (Å²) in [5, 5.41) is 6.01. The van der Waals surface area contributed by atoms with E-state index in [2.05, 4.69) is 63.9 Å². The predicted octanol–water partition coefficient (Wildman–Crippen LogP) is 5.15. The number of benzene rings is 1. The fourth-order valence-corrected chi connectivity index (χ4v) is 4.92. The fraction of sp³-hybridized carbons (Fsp3) is 0.444. The van der Waals surface area contributed by atoms with E-state index >= 15 is 0 Å². The molecule has 0 saturated carbocycles. The molecule has 1 heterocycles. The molecular formula is C18H22BrNS. The maximum Gasteiger partial charge on any atom is 0.0178 e. The summed E-state index contributed by atoms with van der Waals surface area (Å²) in [4.78, 5) is 1.61. The molecule has 0 radical (unpaired) electrons. The standard InChI is InChI=1S/C18H22BrNS/c1-2-20-17(12-13-5-3-6-14(19)11-13)15-7-4-8-18-16(15)9-10-21-18/h3,5-6,9-11,15,17,20H,2,4,7-8,12H2,1H3. The van der Waals surface area contributed by atoms with Crippen molar-refractivity contribution in [3.05, 3.63) is 56.2 Å². The number of thiophene rings is 1. The Labute approximate surface area is 139 Å². The molecule has 112 valence electrons. The molecule has 0 fully saturated rings. The van der Waals surface area contributed by atoms with Crippen LogP contribution in [0.4, 0.5) is 0 Å². The number of halogens is 1. The van der Waals surface area contributed by atoms with Gasteiger partial charge in [0.15, 0.2) is 0 Å². The number of aryl methyl sites for hydroxylation is 1. The van der Waals surface area contributed by atoms with Gasteiger partial charge in [-0.25, -0.2) is 0 Å². The first kappa shape index (κ1) is 15.3. The van der Waals surface area contributed by atoms with Gasteiger partial charge in [-0.15, -0.1) is 11.3 Å². The van der Waals surface area contributed by atoms with E-state index in [9.17, 15) is 0 Å². The third-order valence-corrected chi connectivity index (χ3v) is 5.88. The number of fused-ring (bicyclic) bond motifs is 1. The van der Waals surface area contributed by atoms with Gasteiger partial charge in [0.1, 0.15) is 0 Å². The van der Waals surface area contributed by atoms with Gasteiger partial charge in [-0.2, -0.15) is 0 Å². The van der Waals surface area contributed by atoms with Crippen molar-refractivity contribution in [3.8, 4) is 0 Å². The minimum atomic E-state index is 0.540. The summed E-state index contributed by atoms with van der Waals surface area (Å²) in [5.74, 6) is 0.666. The summed E-state index contributed by atoms with van der Waals surface area (Å²) in [5.41, 5.74) is 3.02. The lowest BCUT2D eigenvalue weighted by molar-refractivity contribution is 0.398. The number of hydrogen-bond donors (Lipinski definition) is 1. The Hall–Kier alpha value is -0.640. The van der Waals surface area contributed by atoms with Crippen molar-refractivity contribution in [2.24, 2.45) is 0 Å². The van der Waals surface area contributed by atoms with Gasteiger partial charge in [0, 0.05) is 21.3 Å². The Kier molecular flexibility index (Phi) is 5.15. The largest absolute Gasteiger partial charge is 0.313 e. The lowest BCUT2D eigenvalue weighted by Gasteiger charge is -2.31. The van der Waals surface area contributed by atoms with E-state index in [-0.39, 0.29) is 0 Å². The smallest absolute Gasteiger partial charge is 0.0178 e. The average molecular weight is 364 g/mol. The van der Waals surface area contributed by atoms with E-state index in [4.69, 9.17) is 0 Å². The molecule has 2 aromatic rings. The third-order valence-electron chi connectivity index (χ3n) is 4.39. The summed E-state index contributed by atoms with van der Waals surface area (Å²) in [7, 11) is 0. The molecule has 0 saturated heterocycles. The van der Waals surface area contributed by atoms with E-state index < -0.39 is 0 Å². The van der Waals surface area contributed by atoms with E-state index in [0.717, 1.165) is 13.0 Å². The van der Waals surface area contributed by atoms with Gasteiger partial charge in [0.05, 0.1) is 0 Å². The molecule has 2 atom stereocenters. The number of rotatable bonds is 5. The molecule has 1 aliphatic rings. The van der Waals surface area contributed by atoms with Crippen molar-refractivity contribution in [2.75, 3.05) is 6.54 Å². The second kappa shape index (κ2) is 7.08. The molecule has 0 bridgehead atoms. The highest BCUT2D eigenvalue weighted by Gasteiger charge is 2.28. The Bertz CT molecular complexity index is 592. The third kappa shape index (κ3) is 3.58. The van der Waals surface area contributed by atoms with Crippen molar-refractivity contribution < 1.29 is 0 Å². The van der Waals surface area contributed by atoms with Gasteiger partial charge in [0.2, 0.25) is 0 Å². The van der Waals surface area contributed by atoms with Crippen LogP contribution >= 0.6 is 27.3 Å². The second-order valence-electron chi connectivity index (χ2n) is 5.80. The molecule has 3 rings (SSSR count). The molecule has 3 heteroatoms. The van der Waals surface area contributed by atoms with Crippen molar-refractivity contribution >= 4 is 27.3 Å². The second-order valence-corrected chi connectivity index (χ2v) is 7.71. The van der Waals surface area contributed by atoms with E-state index in [1.165, 1.54) is 29.3 Å². The summed E-state index contributed by atoms with van der Waals surface area (Å²) >= 11 is 5.53. The Balaban J connectivity index is 1.82. The van der Waals surface area contributed by atoms with Gasteiger partial charge in [-0.1, -0.05) is 35.0 Å². The summed E-state index contributed by atoms with van der Waals surface area (Å²) in [6.07, 6.45) is 5.03. The quantitative estimate of drug-likeness (QED) is 0.774. The van der Waals surface area contributed by atoms with Crippen LogP contribution in [0.25, 0.3) is 0 Å². The molecule has 2 unspecified atom stereocenters. The minimum absolute atomic E-state index is 0.540. The van der Waals surface area contributed by atoms with E-state index in [0.29, 0.717) is 12.0 Å². The molecule has 0 aliphatic heterocycles. The van der Waals surface area contributed by atoms with Crippen LogP contribution in [-0.2, 0) is 12.8 Å². The molecule has 1 aromatic carbocycles. The predicted molar refractivity (Wildman–Crippen MR) is 95.3 cm³/mol. The molecular weight excluding hydrogens is 342 g/mol. The molecule has 0 amide bonds. The maximum absolute atomic E-state index is 3.74. The Morgan fingerprint density at radius 1 is 1.38 bits per heavy atom. The van der Waals surface area contributed by atoms with Crippen LogP contribution in [0, 0.1) is 0 Å². The van der Waals surface area contributed by atoms with Gasteiger partial charge < -0.3 is 5.32 Å². The van der Waals surface area contributed by atoms with Crippen LogP contribution in [0.2, 0.25) is 0 Å². The number of hydrogen-bond acceptors (Lipinski definition) is 2. The Morgan fingerprint density at radius 2 is 2.29 bits per heavy atom. The highest BCUT2D eigenvalue weighted by atomic mass is 79.9. The molecule has 1 aliphatic carbocycles. The zero-order chi connectivity index (χ0) is 14.7. The molecule has 0 spiro atoms. The van der Waals surface area contributed by atoms with Crippen LogP contribution in [0.3, 0.4) is 0 Å². The maximum atomic E-state index is 3.74. The van der Waals surface area contributed by atoms with Gasteiger partial charge in [-0.3, -0.25) is 0 Å². The van der Waals surface area contributed by atoms with Crippen LogP contribution < -0.4 is 5.32 Å². The van der Waals surface area contributed by atoms with Gasteiger partial charge in [-0.05, 0) is 66.9 Å². The first-order valence-electron chi connectivity index (χ1n) is 7.82. The number of nitrogens with one attached hydrogen (secondary N) is 1. The highest BCUT2D eigenvalue weighted by Crippen LogP contribution is 2.37. The lowest BCUT2D eigenvalue weighted by atomic mass is 9.80. The fourth-order valence-electron chi connectivity index (χ4n) is 3.48. The van der Waals surface area contributed by atoms with Crippen molar-refractivity contribution in [1.82, 2.24) is 5.32 Å². The zero-order valence-corrected chi connectivity index (χ0v) is 14.8. The highest BCUT2D eigenvalue weighted by molar-refractivity contribution is 9.10. The van der Waals surface area contributed by atoms with Gasteiger partial charge in [0.25, 0.3) is 0 Å². The summed E-state index contributed by atoms with van der Waals surface area (Å²) < 4.78 is 1.18. The van der Waals surface area contributed by atoms with E-state index in [1.807, 2.05) is 11.3 Å². The summed E-state index contributed by atoms with van der Waals surface area (Å²) in [6, 6.07) is 11.6. The van der Waals surface area contributed by atoms with Crippen LogP contribution in [0.5, 0.6) is 0 Å². The SMILES string of the molecule is CCNC(Cc1cccc(Br)c1)C1CCCc2sccc21. The molecule has 1 nitrogen and oxygen atoms in total. The first-order valence-corrected chi connectivity index (χ1v) is 9.49. The number of likely N-dealkylation sites (N-methyl/N-ethyl adjacent to an activating group) is 1. The lowest BCUT2D eigenvalue weighted by Crippen LogP contribution is -2.38.